The van der Waals surface area contributed by atoms with Crippen LogP contribution in [0, 0.1) is 5.82 Å². The fourth-order valence-corrected chi connectivity index (χ4v) is 3.05. The summed E-state index contributed by atoms with van der Waals surface area (Å²) in [5.41, 5.74) is -0.317. The van der Waals surface area contributed by atoms with Gasteiger partial charge in [-0.15, -0.1) is 0 Å². The topological polar surface area (TPSA) is 96.6 Å². The Morgan fingerprint density at radius 1 is 1.38 bits per heavy atom. The second-order valence-corrected chi connectivity index (χ2v) is 5.99. The summed E-state index contributed by atoms with van der Waals surface area (Å²) >= 11 is 0. The Morgan fingerprint density at radius 3 is 2.67 bits per heavy atom. The number of aromatic carboxylic acids is 1. The van der Waals surface area contributed by atoms with Gasteiger partial charge >= 0.3 is 5.97 Å². The predicted molar refractivity (Wildman–Crippen MR) is 70.8 cm³/mol. The average molecular weight is 313 g/mol. The van der Waals surface area contributed by atoms with Gasteiger partial charge in [-0.3, -0.25) is 0 Å². The number of halogens is 1. The van der Waals surface area contributed by atoms with Crippen LogP contribution in [0.2, 0.25) is 0 Å². The van der Waals surface area contributed by atoms with Crippen molar-refractivity contribution in [1.82, 2.24) is 4.72 Å². The molecule has 0 unspecified atom stereocenters. The molecule has 1 aromatic carbocycles. The monoisotopic (exact) mass is 313 g/mol. The summed E-state index contributed by atoms with van der Waals surface area (Å²) in [7, 11) is -4.22. The number of benzene rings is 1. The van der Waals surface area contributed by atoms with E-state index in [4.69, 9.17) is 9.52 Å². The van der Waals surface area contributed by atoms with Crippen LogP contribution in [0.1, 0.15) is 29.1 Å². The van der Waals surface area contributed by atoms with Gasteiger partial charge in [0.1, 0.15) is 16.5 Å². The summed E-state index contributed by atoms with van der Waals surface area (Å²) in [6, 6.07) is 5.00. The molecule has 6 nitrogen and oxygen atoms in total. The zero-order valence-electron chi connectivity index (χ0n) is 10.9. The molecule has 0 aliphatic rings. The lowest BCUT2D eigenvalue weighted by molar-refractivity contribution is 0.0696. The van der Waals surface area contributed by atoms with Gasteiger partial charge < -0.3 is 9.52 Å². The van der Waals surface area contributed by atoms with Gasteiger partial charge in [-0.1, -0.05) is 0 Å². The summed E-state index contributed by atoms with van der Waals surface area (Å²) < 4.78 is 45.3. The number of sulfonamides is 1. The van der Waals surface area contributed by atoms with Gasteiger partial charge in [0.05, 0.1) is 17.9 Å². The van der Waals surface area contributed by atoms with Crippen LogP contribution in [-0.4, -0.2) is 19.5 Å². The molecule has 0 aliphatic carbocycles. The number of furan rings is 1. The highest BCUT2D eigenvalue weighted by atomic mass is 32.2. The van der Waals surface area contributed by atoms with E-state index in [0.717, 1.165) is 18.2 Å². The van der Waals surface area contributed by atoms with Crippen molar-refractivity contribution in [2.45, 2.75) is 17.9 Å². The van der Waals surface area contributed by atoms with Crippen LogP contribution in [0.15, 0.2) is 45.9 Å². The van der Waals surface area contributed by atoms with Crippen LogP contribution in [0.3, 0.4) is 0 Å². The number of carboxylic acids is 1. The molecule has 8 heteroatoms. The summed E-state index contributed by atoms with van der Waals surface area (Å²) in [5, 5.41) is 8.85. The molecule has 0 amide bonds. The number of rotatable bonds is 5. The van der Waals surface area contributed by atoms with E-state index in [-0.39, 0.29) is 5.56 Å². The van der Waals surface area contributed by atoms with Gasteiger partial charge in [0, 0.05) is 0 Å². The van der Waals surface area contributed by atoms with Crippen LogP contribution in [-0.2, 0) is 10.0 Å². The van der Waals surface area contributed by atoms with Crippen LogP contribution >= 0.6 is 0 Å². The van der Waals surface area contributed by atoms with Crippen molar-refractivity contribution in [3.05, 3.63) is 53.7 Å². The lowest BCUT2D eigenvalue weighted by Crippen LogP contribution is -2.27. The van der Waals surface area contributed by atoms with E-state index in [1.807, 2.05) is 0 Å². The molecule has 0 bridgehead atoms. The van der Waals surface area contributed by atoms with E-state index in [0.29, 0.717) is 5.76 Å². The van der Waals surface area contributed by atoms with Crippen molar-refractivity contribution in [2.24, 2.45) is 0 Å². The van der Waals surface area contributed by atoms with E-state index < -0.39 is 32.7 Å². The molecule has 1 aromatic heterocycles. The Morgan fingerprint density at radius 2 is 2.10 bits per heavy atom. The van der Waals surface area contributed by atoms with Crippen LogP contribution < -0.4 is 4.72 Å². The van der Waals surface area contributed by atoms with E-state index in [9.17, 15) is 17.6 Å². The molecule has 1 heterocycles. The second-order valence-electron chi connectivity index (χ2n) is 4.31. The largest absolute Gasteiger partial charge is 0.478 e. The van der Waals surface area contributed by atoms with Crippen molar-refractivity contribution < 1.29 is 27.1 Å². The van der Waals surface area contributed by atoms with E-state index in [1.54, 1.807) is 12.1 Å². The molecule has 21 heavy (non-hydrogen) atoms. The highest BCUT2D eigenvalue weighted by Gasteiger charge is 2.24. The van der Waals surface area contributed by atoms with Crippen molar-refractivity contribution in [2.75, 3.05) is 0 Å². The van der Waals surface area contributed by atoms with E-state index in [2.05, 4.69) is 4.72 Å². The van der Waals surface area contributed by atoms with Gasteiger partial charge in [-0.05, 0) is 37.3 Å². The molecule has 112 valence electrons. The number of carbonyl (C=O) groups is 1. The summed E-state index contributed by atoms with van der Waals surface area (Å²) in [4.78, 5) is 10.1. The van der Waals surface area contributed by atoms with Crippen molar-refractivity contribution >= 4 is 16.0 Å². The van der Waals surface area contributed by atoms with Crippen molar-refractivity contribution in [3.63, 3.8) is 0 Å². The van der Waals surface area contributed by atoms with Crippen molar-refractivity contribution in [3.8, 4) is 0 Å². The molecule has 0 radical (unpaired) electrons. The maximum Gasteiger partial charge on any atom is 0.335 e. The lowest BCUT2D eigenvalue weighted by atomic mass is 10.2. The third-order valence-corrected chi connectivity index (χ3v) is 4.33. The van der Waals surface area contributed by atoms with Gasteiger partial charge in [0.2, 0.25) is 10.0 Å². The molecular weight excluding hydrogens is 301 g/mol. The highest BCUT2D eigenvalue weighted by Crippen LogP contribution is 2.20. The van der Waals surface area contributed by atoms with Gasteiger partial charge in [-0.25, -0.2) is 22.3 Å². The molecule has 0 saturated heterocycles. The minimum absolute atomic E-state index is 0.317. The molecule has 2 rings (SSSR count). The first-order valence-corrected chi connectivity index (χ1v) is 7.38. The minimum Gasteiger partial charge on any atom is -0.478 e. The molecule has 0 saturated carbocycles. The zero-order chi connectivity index (χ0) is 15.6. The second kappa shape index (κ2) is 5.66. The van der Waals surface area contributed by atoms with E-state index >= 15 is 0 Å². The highest BCUT2D eigenvalue weighted by molar-refractivity contribution is 7.89. The standard InChI is InChI=1S/C13H12FNO5S/c1-8(11-3-2-6-20-11)15-21(18,19)12-7-9(13(16)17)4-5-10(12)14/h2-8,15H,1H3,(H,16,17)/t8-/m0/s1. The first-order valence-electron chi connectivity index (χ1n) is 5.90. The fraction of sp³-hybridized carbons (Fsp3) is 0.154. The first-order chi connectivity index (χ1) is 9.81. The molecular formula is C13H12FNO5S. The predicted octanol–water partition coefficient (Wildman–Crippen LogP) is 2.16. The quantitative estimate of drug-likeness (QED) is 0.881. The SMILES string of the molecule is C[C@H](NS(=O)(=O)c1cc(C(=O)O)ccc1F)c1ccco1. The Hall–Kier alpha value is -2.19. The van der Waals surface area contributed by atoms with Crippen LogP contribution in [0.5, 0.6) is 0 Å². The van der Waals surface area contributed by atoms with Gasteiger partial charge in [0.25, 0.3) is 0 Å². The van der Waals surface area contributed by atoms with Crippen LogP contribution in [0.25, 0.3) is 0 Å². The molecule has 0 fully saturated rings. The maximum atomic E-state index is 13.7. The Labute approximate surface area is 120 Å². The molecule has 1 atom stereocenters. The Kier molecular flexibility index (Phi) is 4.10. The average Bonchev–Trinajstić information content (AvgIpc) is 2.92. The van der Waals surface area contributed by atoms with Gasteiger partial charge in [0.15, 0.2) is 0 Å². The summed E-state index contributed by atoms with van der Waals surface area (Å²) in [5.74, 6) is -2.02. The van der Waals surface area contributed by atoms with Crippen LogP contribution in [0.4, 0.5) is 4.39 Å². The van der Waals surface area contributed by atoms with E-state index in [1.165, 1.54) is 13.2 Å². The molecule has 0 spiro atoms. The Balaban J connectivity index is 2.35. The third kappa shape index (κ3) is 3.29. The third-order valence-electron chi connectivity index (χ3n) is 2.77. The van der Waals surface area contributed by atoms with Gasteiger partial charge in [-0.2, -0.15) is 0 Å². The number of hydrogen-bond acceptors (Lipinski definition) is 4. The summed E-state index contributed by atoms with van der Waals surface area (Å²) in [6.45, 7) is 1.52. The maximum absolute atomic E-state index is 13.7. The number of hydrogen-bond donors (Lipinski definition) is 2. The minimum atomic E-state index is -4.22. The normalized spacial score (nSPS) is 13.0. The molecule has 2 aromatic rings. The fourth-order valence-electron chi connectivity index (χ4n) is 1.73. The zero-order valence-corrected chi connectivity index (χ0v) is 11.7. The smallest absolute Gasteiger partial charge is 0.335 e. The lowest BCUT2D eigenvalue weighted by Gasteiger charge is -2.13. The first kappa shape index (κ1) is 15.2. The Bertz CT molecular complexity index is 755. The number of nitrogens with one attached hydrogen (secondary N) is 1. The number of carboxylic acid groups (broad SMARTS) is 1. The molecule has 2 N–H and O–H groups in total. The molecule has 0 aliphatic heterocycles. The van der Waals surface area contributed by atoms with Crippen molar-refractivity contribution in [1.29, 1.82) is 0 Å². The summed E-state index contributed by atoms with van der Waals surface area (Å²) in [6.07, 6.45) is 1.38.